The summed E-state index contributed by atoms with van der Waals surface area (Å²) in [5.41, 5.74) is -0.345. The van der Waals surface area contributed by atoms with Crippen molar-refractivity contribution < 1.29 is 19.1 Å². The first-order valence-electron chi connectivity index (χ1n) is 8.74. The monoisotopic (exact) mass is 384 g/mol. The zero-order chi connectivity index (χ0) is 16.5. The van der Waals surface area contributed by atoms with E-state index in [4.69, 9.17) is 9.47 Å². The van der Waals surface area contributed by atoms with Gasteiger partial charge >= 0.3 is 11.9 Å². The Bertz CT molecular complexity index is 541. The standard InChI is InChI=1S/C18H25BrO4/c1-16(2)10-22-15(21)14(16)23-13(20)8-17-4-11-3-12(5-17)7-18(19,6-11)9-17/h11-12,14H,3-10H2,1-2H3/t11-,12-,14+,17?,18?/m1/s1. The molecule has 1 heterocycles. The topological polar surface area (TPSA) is 52.6 Å². The Morgan fingerprint density at radius 2 is 1.91 bits per heavy atom. The van der Waals surface area contributed by atoms with E-state index >= 15 is 0 Å². The summed E-state index contributed by atoms with van der Waals surface area (Å²) in [6.07, 6.45) is 6.89. The number of carbonyl (C=O) groups is 2. The van der Waals surface area contributed by atoms with Crippen LogP contribution in [0.2, 0.25) is 0 Å². The molecule has 1 saturated heterocycles. The number of halogens is 1. The second kappa shape index (κ2) is 4.96. The van der Waals surface area contributed by atoms with Gasteiger partial charge in [-0.2, -0.15) is 0 Å². The third kappa shape index (κ3) is 2.73. The summed E-state index contributed by atoms with van der Waals surface area (Å²) >= 11 is 3.97. The number of alkyl halides is 1. The third-order valence-electron chi connectivity index (χ3n) is 6.39. The van der Waals surface area contributed by atoms with Crippen LogP contribution >= 0.6 is 15.9 Å². The van der Waals surface area contributed by atoms with Crippen LogP contribution in [0.4, 0.5) is 0 Å². The van der Waals surface area contributed by atoms with Gasteiger partial charge in [0.05, 0.1) is 6.42 Å². The molecule has 4 bridgehead atoms. The number of carbonyl (C=O) groups excluding carboxylic acids is 2. The first kappa shape index (κ1) is 15.9. The van der Waals surface area contributed by atoms with Gasteiger partial charge in [-0.25, -0.2) is 4.79 Å². The SMILES string of the molecule is CC1(C)COC(=O)[C@@H]1OC(=O)CC12C[C@H]3C[C@@H](CC(Br)(C3)C1)C2. The van der Waals surface area contributed by atoms with Crippen molar-refractivity contribution in [3.63, 3.8) is 0 Å². The number of rotatable bonds is 3. The molecule has 0 aromatic heterocycles. The fourth-order valence-electron chi connectivity index (χ4n) is 5.96. The zero-order valence-electron chi connectivity index (χ0n) is 13.9. The van der Waals surface area contributed by atoms with Crippen LogP contribution in [0.25, 0.3) is 0 Å². The molecule has 4 nitrogen and oxygen atoms in total. The summed E-state index contributed by atoms with van der Waals surface area (Å²) in [5.74, 6) is 0.874. The van der Waals surface area contributed by atoms with E-state index in [0.29, 0.717) is 13.0 Å². The van der Waals surface area contributed by atoms with Crippen LogP contribution in [0.3, 0.4) is 0 Å². The highest BCUT2D eigenvalue weighted by molar-refractivity contribution is 9.10. The number of esters is 2. The molecule has 0 amide bonds. The van der Waals surface area contributed by atoms with Gasteiger partial charge in [0.1, 0.15) is 6.61 Å². The van der Waals surface area contributed by atoms with E-state index in [1.165, 1.54) is 19.3 Å². The number of hydrogen-bond acceptors (Lipinski definition) is 4. The van der Waals surface area contributed by atoms with Crippen LogP contribution in [0, 0.1) is 22.7 Å². The van der Waals surface area contributed by atoms with Crippen molar-refractivity contribution >= 4 is 27.9 Å². The van der Waals surface area contributed by atoms with Crippen molar-refractivity contribution in [1.29, 1.82) is 0 Å². The summed E-state index contributed by atoms with van der Waals surface area (Å²) in [6.45, 7) is 4.14. The van der Waals surface area contributed by atoms with Crippen molar-refractivity contribution in [2.45, 2.75) is 69.2 Å². The van der Waals surface area contributed by atoms with Crippen LogP contribution in [-0.4, -0.2) is 29.0 Å². The molecule has 0 unspecified atom stereocenters. The lowest BCUT2D eigenvalue weighted by atomic mass is 9.49. The molecule has 23 heavy (non-hydrogen) atoms. The van der Waals surface area contributed by atoms with E-state index in [1.54, 1.807) is 0 Å². The Kier molecular flexibility index (Phi) is 3.44. The molecule has 0 spiro atoms. The molecule has 5 heteroatoms. The van der Waals surface area contributed by atoms with Crippen LogP contribution in [0.5, 0.6) is 0 Å². The molecule has 128 valence electrons. The minimum absolute atomic E-state index is 0.0807. The fourth-order valence-corrected chi connectivity index (χ4v) is 7.47. The third-order valence-corrected chi connectivity index (χ3v) is 7.32. The minimum atomic E-state index is -0.748. The Balaban J connectivity index is 1.46. The summed E-state index contributed by atoms with van der Waals surface area (Å²) in [4.78, 5) is 24.4. The summed E-state index contributed by atoms with van der Waals surface area (Å²) in [7, 11) is 0. The molecular weight excluding hydrogens is 360 g/mol. The van der Waals surface area contributed by atoms with Crippen molar-refractivity contribution in [3.05, 3.63) is 0 Å². The van der Waals surface area contributed by atoms with Crippen LogP contribution in [-0.2, 0) is 19.1 Å². The first-order chi connectivity index (χ1) is 10.7. The highest BCUT2D eigenvalue weighted by Gasteiger charge is 2.57. The van der Waals surface area contributed by atoms with Crippen molar-refractivity contribution in [2.75, 3.05) is 6.61 Å². The maximum atomic E-state index is 12.6. The van der Waals surface area contributed by atoms with Crippen LogP contribution in [0.15, 0.2) is 0 Å². The lowest BCUT2D eigenvalue weighted by molar-refractivity contribution is -0.167. The number of hydrogen-bond donors (Lipinski definition) is 0. The lowest BCUT2D eigenvalue weighted by Gasteiger charge is -2.60. The quantitative estimate of drug-likeness (QED) is 0.550. The molecule has 5 aliphatic rings. The Morgan fingerprint density at radius 1 is 1.26 bits per heavy atom. The maximum Gasteiger partial charge on any atom is 0.348 e. The lowest BCUT2D eigenvalue weighted by Crippen LogP contribution is -2.53. The minimum Gasteiger partial charge on any atom is -0.462 e. The molecule has 3 atom stereocenters. The molecule has 1 aliphatic heterocycles. The number of ether oxygens (including phenoxy) is 2. The van der Waals surface area contributed by atoms with Gasteiger partial charge < -0.3 is 9.47 Å². The van der Waals surface area contributed by atoms with E-state index in [9.17, 15) is 9.59 Å². The Labute approximate surface area is 145 Å². The van der Waals surface area contributed by atoms with Gasteiger partial charge in [0, 0.05) is 9.74 Å². The zero-order valence-corrected chi connectivity index (χ0v) is 15.5. The fraction of sp³-hybridized carbons (Fsp3) is 0.889. The van der Waals surface area contributed by atoms with Crippen LogP contribution < -0.4 is 0 Å². The average molecular weight is 385 g/mol. The van der Waals surface area contributed by atoms with E-state index in [-0.39, 0.29) is 15.7 Å². The van der Waals surface area contributed by atoms with Crippen LogP contribution in [0.1, 0.15) is 58.8 Å². The van der Waals surface area contributed by atoms with E-state index < -0.39 is 17.5 Å². The summed E-state index contributed by atoms with van der Waals surface area (Å²) in [5, 5.41) is 0. The van der Waals surface area contributed by atoms with Gasteiger partial charge in [-0.15, -0.1) is 0 Å². The highest BCUT2D eigenvalue weighted by Crippen LogP contribution is 2.65. The largest absolute Gasteiger partial charge is 0.462 e. The molecule has 0 radical (unpaired) electrons. The number of cyclic esters (lactones) is 1. The molecular formula is C18H25BrO4. The van der Waals surface area contributed by atoms with E-state index in [2.05, 4.69) is 15.9 Å². The molecule has 4 aliphatic carbocycles. The van der Waals surface area contributed by atoms with Crippen molar-refractivity contribution in [2.24, 2.45) is 22.7 Å². The predicted molar refractivity (Wildman–Crippen MR) is 88.0 cm³/mol. The second-order valence-electron chi connectivity index (χ2n) is 9.25. The highest BCUT2D eigenvalue weighted by atomic mass is 79.9. The Morgan fingerprint density at radius 3 is 2.43 bits per heavy atom. The van der Waals surface area contributed by atoms with Crippen molar-refractivity contribution in [3.8, 4) is 0 Å². The second-order valence-corrected chi connectivity index (χ2v) is 10.9. The maximum absolute atomic E-state index is 12.6. The average Bonchev–Trinajstić information content (AvgIpc) is 2.62. The molecule has 5 rings (SSSR count). The smallest absolute Gasteiger partial charge is 0.348 e. The van der Waals surface area contributed by atoms with Gasteiger partial charge in [0.15, 0.2) is 0 Å². The molecule has 0 aromatic rings. The first-order valence-corrected chi connectivity index (χ1v) is 9.53. The normalized spacial score (nSPS) is 46.7. The molecule has 4 saturated carbocycles. The summed E-state index contributed by atoms with van der Waals surface area (Å²) < 4.78 is 10.9. The van der Waals surface area contributed by atoms with Gasteiger partial charge in [0.25, 0.3) is 0 Å². The molecule has 5 fully saturated rings. The molecule has 0 aromatic carbocycles. The van der Waals surface area contributed by atoms with E-state index in [0.717, 1.165) is 31.1 Å². The van der Waals surface area contributed by atoms with Gasteiger partial charge in [0.2, 0.25) is 6.10 Å². The predicted octanol–water partition coefficient (Wildman–Crippen LogP) is 3.61. The van der Waals surface area contributed by atoms with Gasteiger partial charge in [-0.3, -0.25) is 4.79 Å². The van der Waals surface area contributed by atoms with Crippen molar-refractivity contribution in [1.82, 2.24) is 0 Å². The summed E-state index contributed by atoms with van der Waals surface area (Å²) in [6, 6.07) is 0. The Hall–Kier alpha value is -0.580. The van der Waals surface area contributed by atoms with Gasteiger partial charge in [-0.1, -0.05) is 29.8 Å². The molecule has 0 N–H and O–H groups in total. The van der Waals surface area contributed by atoms with Gasteiger partial charge in [-0.05, 0) is 55.8 Å². The van der Waals surface area contributed by atoms with E-state index in [1.807, 2.05) is 13.8 Å².